The van der Waals surface area contributed by atoms with Crippen molar-refractivity contribution in [3.8, 4) is 0 Å². The second-order valence-electron chi connectivity index (χ2n) is 4.89. The molecule has 1 aliphatic rings. The number of nitrogens with zero attached hydrogens (tertiary/aromatic N) is 1. The molecule has 0 radical (unpaired) electrons. The Morgan fingerprint density at radius 3 is 2.74 bits per heavy atom. The lowest BCUT2D eigenvalue weighted by molar-refractivity contribution is 0.0605. The van der Waals surface area contributed by atoms with Crippen molar-refractivity contribution in [3.63, 3.8) is 0 Å². The van der Waals surface area contributed by atoms with Crippen molar-refractivity contribution in [1.82, 2.24) is 4.31 Å². The molecule has 3 N–H and O–H groups in total. The number of rotatable bonds is 2. The molecular formula is C12H17BrN2O3S. The Labute approximate surface area is 121 Å². The van der Waals surface area contributed by atoms with Gasteiger partial charge in [-0.15, -0.1) is 0 Å². The summed E-state index contributed by atoms with van der Waals surface area (Å²) in [5, 5.41) is 9.83. The standard InChI is InChI=1S/C12H17BrN2O3S/c1-8-4-5-15(7-11(8)16)19(17,18)12-3-2-9(14)6-10(12)13/h2-3,6,8,11,16H,4-5,7,14H2,1H3. The van der Waals surface area contributed by atoms with E-state index in [9.17, 15) is 13.5 Å². The fraction of sp³-hybridized carbons (Fsp3) is 0.500. The van der Waals surface area contributed by atoms with E-state index in [1.165, 1.54) is 10.4 Å². The van der Waals surface area contributed by atoms with E-state index in [1.54, 1.807) is 12.1 Å². The average Bonchev–Trinajstić information content (AvgIpc) is 2.32. The first-order chi connectivity index (χ1) is 8.82. The summed E-state index contributed by atoms with van der Waals surface area (Å²) in [6, 6.07) is 4.61. The van der Waals surface area contributed by atoms with E-state index in [4.69, 9.17) is 5.73 Å². The molecule has 0 spiro atoms. The number of sulfonamides is 1. The molecule has 0 bridgehead atoms. The predicted molar refractivity (Wildman–Crippen MR) is 77.1 cm³/mol. The minimum absolute atomic E-state index is 0.126. The molecule has 7 heteroatoms. The zero-order chi connectivity index (χ0) is 14.2. The van der Waals surface area contributed by atoms with Gasteiger partial charge in [-0.05, 0) is 46.5 Å². The van der Waals surface area contributed by atoms with Gasteiger partial charge < -0.3 is 10.8 Å². The molecule has 2 atom stereocenters. The molecule has 2 unspecified atom stereocenters. The number of hydrogen-bond acceptors (Lipinski definition) is 4. The number of piperidine rings is 1. The molecule has 19 heavy (non-hydrogen) atoms. The monoisotopic (exact) mass is 348 g/mol. The van der Waals surface area contributed by atoms with Crippen molar-refractivity contribution in [3.05, 3.63) is 22.7 Å². The molecule has 0 aromatic heterocycles. The highest BCUT2D eigenvalue weighted by Crippen LogP contribution is 2.29. The van der Waals surface area contributed by atoms with Crippen molar-refractivity contribution in [2.45, 2.75) is 24.3 Å². The van der Waals surface area contributed by atoms with Gasteiger partial charge in [0.2, 0.25) is 10.0 Å². The van der Waals surface area contributed by atoms with Gasteiger partial charge in [0.25, 0.3) is 0 Å². The van der Waals surface area contributed by atoms with Crippen LogP contribution in [0.15, 0.2) is 27.6 Å². The summed E-state index contributed by atoms with van der Waals surface area (Å²) in [5.41, 5.74) is 6.11. The third-order valence-electron chi connectivity index (χ3n) is 3.46. The van der Waals surface area contributed by atoms with Crippen LogP contribution in [-0.2, 0) is 10.0 Å². The maximum atomic E-state index is 12.5. The van der Waals surface area contributed by atoms with Crippen LogP contribution in [0.2, 0.25) is 0 Å². The van der Waals surface area contributed by atoms with Gasteiger partial charge in [-0.3, -0.25) is 0 Å². The zero-order valence-electron chi connectivity index (χ0n) is 10.6. The van der Waals surface area contributed by atoms with Crippen LogP contribution in [0, 0.1) is 5.92 Å². The molecule has 1 heterocycles. The Morgan fingerprint density at radius 2 is 2.16 bits per heavy atom. The highest BCUT2D eigenvalue weighted by molar-refractivity contribution is 9.10. The van der Waals surface area contributed by atoms with E-state index in [0.717, 1.165) is 0 Å². The summed E-state index contributed by atoms with van der Waals surface area (Å²) >= 11 is 3.23. The van der Waals surface area contributed by atoms with Crippen LogP contribution in [0.5, 0.6) is 0 Å². The summed E-state index contributed by atoms with van der Waals surface area (Å²) in [6.45, 7) is 2.49. The quantitative estimate of drug-likeness (QED) is 0.791. The molecule has 106 valence electrons. The minimum atomic E-state index is -3.59. The number of hydrogen-bond donors (Lipinski definition) is 2. The fourth-order valence-electron chi connectivity index (χ4n) is 2.10. The largest absolute Gasteiger partial charge is 0.399 e. The van der Waals surface area contributed by atoms with Gasteiger partial charge in [0.15, 0.2) is 0 Å². The van der Waals surface area contributed by atoms with Crippen LogP contribution in [0.4, 0.5) is 5.69 Å². The van der Waals surface area contributed by atoms with E-state index >= 15 is 0 Å². The highest BCUT2D eigenvalue weighted by atomic mass is 79.9. The van der Waals surface area contributed by atoms with Crippen LogP contribution in [0.3, 0.4) is 0 Å². The van der Waals surface area contributed by atoms with Gasteiger partial charge in [-0.2, -0.15) is 4.31 Å². The maximum absolute atomic E-state index is 12.5. The Kier molecular flexibility index (Phi) is 4.20. The fourth-order valence-corrected chi connectivity index (χ4v) is 4.63. The Bertz CT molecular complexity index is 576. The Hall–Kier alpha value is -0.630. The van der Waals surface area contributed by atoms with Gasteiger partial charge in [-0.1, -0.05) is 6.92 Å². The molecule has 2 rings (SSSR count). The Morgan fingerprint density at radius 1 is 1.47 bits per heavy atom. The van der Waals surface area contributed by atoms with Crippen molar-refractivity contribution >= 4 is 31.6 Å². The van der Waals surface area contributed by atoms with Crippen LogP contribution < -0.4 is 5.73 Å². The van der Waals surface area contributed by atoms with E-state index in [1.807, 2.05) is 6.92 Å². The second-order valence-corrected chi connectivity index (χ2v) is 7.65. The van der Waals surface area contributed by atoms with Crippen molar-refractivity contribution < 1.29 is 13.5 Å². The average molecular weight is 349 g/mol. The van der Waals surface area contributed by atoms with E-state index < -0.39 is 16.1 Å². The number of benzene rings is 1. The smallest absolute Gasteiger partial charge is 0.244 e. The molecule has 1 aromatic rings. The third kappa shape index (κ3) is 2.94. The first-order valence-corrected chi connectivity index (χ1v) is 8.29. The normalized spacial score (nSPS) is 25.4. The minimum Gasteiger partial charge on any atom is -0.399 e. The first kappa shape index (κ1) is 14.8. The summed E-state index contributed by atoms with van der Waals surface area (Å²) < 4.78 is 26.8. The van der Waals surface area contributed by atoms with Gasteiger partial charge in [0, 0.05) is 23.2 Å². The molecular weight excluding hydrogens is 332 g/mol. The summed E-state index contributed by atoms with van der Waals surface area (Å²) in [6.07, 6.45) is 0.0450. The number of aliphatic hydroxyl groups excluding tert-OH is 1. The Balaban J connectivity index is 2.32. The van der Waals surface area contributed by atoms with Gasteiger partial charge in [0.05, 0.1) is 11.0 Å². The topological polar surface area (TPSA) is 83.6 Å². The van der Waals surface area contributed by atoms with Crippen LogP contribution in [0.1, 0.15) is 13.3 Å². The second kappa shape index (κ2) is 5.40. The van der Waals surface area contributed by atoms with E-state index in [2.05, 4.69) is 15.9 Å². The molecule has 1 aromatic carbocycles. The lowest BCUT2D eigenvalue weighted by atomic mass is 9.98. The summed E-state index contributed by atoms with van der Waals surface area (Å²) in [4.78, 5) is 0.184. The summed E-state index contributed by atoms with van der Waals surface area (Å²) in [7, 11) is -3.59. The van der Waals surface area contributed by atoms with Crippen molar-refractivity contribution in [1.29, 1.82) is 0 Å². The molecule has 0 saturated carbocycles. The third-order valence-corrected chi connectivity index (χ3v) is 6.30. The lowest BCUT2D eigenvalue weighted by Gasteiger charge is -2.33. The van der Waals surface area contributed by atoms with Crippen LogP contribution in [0.25, 0.3) is 0 Å². The number of nitrogen functional groups attached to an aromatic ring is 1. The molecule has 1 aliphatic heterocycles. The van der Waals surface area contributed by atoms with Crippen molar-refractivity contribution in [2.75, 3.05) is 18.8 Å². The maximum Gasteiger partial charge on any atom is 0.244 e. The molecule has 5 nitrogen and oxygen atoms in total. The van der Waals surface area contributed by atoms with Gasteiger partial charge >= 0.3 is 0 Å². The number of aliphatic hydroxyl groups is 1. The first-order valence-electron chi connectivity index (χ1n) is 6.05. The molecule has 1 fully saturated rings. The van der Waals surface area contributed by atoms with Crippen molar-refractivity contribution in [2.24, 2.45) is 5.92 Å². The number of β-amino-alcohol motifs (C(OH)–C–C–N with tert-alkyl or cyclic N) is 1. The zero-order valence-corrected chi connectivity index (χ0v) is 13.0. The van der Waals surface area contributed by atoms with Gasteiger partial charge in [0.1, 0.15) is 0 Å². The van der Waals surface area contributed by atoms with Gasteiger partial charge in [-0.25, -0.2) is 8.42 Å². The van der Waals surface area contributed by atoms with E-state index in [-0.39, 0.29) is 17.4 Å². The lowest BCUT2D eigenvalue weighted by Crippen LogP contribution is -2.45. The molecule has 1 saturated heterocycles. The predicted octanol–water partition coefficient (Wildman–Crippen LogP) is 1.42. The number of nitrogens with two attached hydrogens (primary N) is 1. The van der Waals surface area contributed by atoms with E-state index in [0.29, 0.717) is 23.1 Å². The number of anilines is 1. The highest BCUT2D eigenvalue weighted by Gasteiger charge is 2.33. The van der Waals surface area contributed by atoms with Crippen LogP contribution in [-0.4, -0.2) is 37.0 Å². The molecule has 0 amide bonds. The van der Waals surface area contributed by atoms with Crippen LogP contribution >= 0.6 is 15.9 Å². The summed E-state index contributed by atoms with van der Waals surface area (Å²) in [5.74, 6) is 0.126. The SMILES string of the molecule is CC1CCN(S(=O)(=O)c2ccc(N)cc2Br)CC1O. The number of halogens is 1. The molecule has 0 aliphatic carbocycles.